The Bertz CT molecular complexity index is 2200. The molecule has 0 radical (unpaired) electrons. The van der Waals surface area contributed by atoms with E-state index in [1.807, 2.05) is 0 Å². The van der Waals surface area contributed by atoms with Gasteiger partial charge in [-0.05, 0) is 89.6 Å². The van der Waals surface area contributed by atoms with Crippen molar-refractivity contribution in [3.63, 3.8) is 0 Å². The number of nitrogens with zero attached hydrogens (tertiary/aromatic N) is 3. The van der Waals surface area contributed by atoms with E-state index in [1.54, 1.807) is 61.5 Å². The largest absolute Gasteiger partial charge is 0.490 e. The third kappa shape index (κ3) is 6.48. The number of nitrogens with one attached hydrogen (secondary N) is 1. The van der Waals surface area contributed by atoms with Crippen LogP contribution in [-0.4, -0.2) is 35.0 Å². The molecule has 46 heavy (non-hydrogen) atoms. The molecule has 0 bridgehead atoms. The molecule has 0 atom stereocenters. The maximum atomic E-state index is 13.7. The monoisotopic (exact) mass is 722 g/mol. The zero-order valence-electron chi connectivity index (χ0n) is 23.9. The lowest BCUT2D eigenvalue weighted by atomic mass is 10.2. The number of amides is 1. The number of ether oxygens (including phenoxy) is 2. The van der Waals surface area contributed by atoms with Gasteiger partial charge in [0.05, 0.1) is 23.7 Å². The van der Waals surface area contributed by atoms with Crippen molar-refractivity contribution < 1.29 is 23.1 Å². The number of benzene rings is 4. The lowest BCUT2D eigenvalue weighted by Crippen LogP contribution is -2.21. The number of carbonyl (C=O) groups excluding carboxylic acids is 1. The van der Waals surface area contributed by atoms with Gasteiger partial charge in [-0.2, -0.15) is 9.78 Å². The average Bonchev–Trinajstić information content (AvgIpc) is 3.47. The highest BCUT2D eigenvalue weighted by atomic mass is 79.9. The van der Waals surface area contributed by atoms with Crippen LogP contribution in [0.15, 0.2) is 97.6 Å². The Hall–Kier alpha value is -4.71. The molecular formula is C33H22BrCl2FN4O5. The number of carbonyl (C=O) groups is 1. The fourth-order valence-electron chi connectivity index (χ4n) is 4.60. The summed E-state index contributed by atoms with van der Waals surface area (Å²) in [5.41, 5.74) is 1.46. The molecule has 0 unspecified atom stereocenters. The van der Waals surface area contributed by atoms with Crippen LogP contribution < -0.4 is 20.3 Å². The van der Waals surface area contributed by atoms with Crippen molar-refractivity contribution in [1.82, 2.24) is 9.66 Å². The number of furan rings is 1. The molecule has 1 N–H and O–H groups in total. The van der Waals surface area contributed by atoms with E-state index in [4.69, 9.17) is 42.1 Å². The van der Waals surface area contributed by atoms with Crippen molar-refractivity contribution in [2.75, 3.05) is 18.5 Å². The Morgan fingerprint density at radius 3 is 2.65 bits per heavy atom. The van der Waals surface area contributed by atoms with Gasteiger partial charge in [-0.25, -0.2) is 9.37 Å². The summed E-state index contributed by atoms with van der Waals surface area (Å²) in [5.74, 6) is -0.0686. The summed E-state index contributed by atoms with van der Waals surface area (Å²) < 4.78 is 32.3. The number of halogens is 4. The van der Waals surface area contributed by atoms with E-state index in [9.17, 15) is 14.0 Å². The molecular weight excluding hydrogens is 702 g/mol. The molecule has 0 aliphatic heterocycles. The minimum Gasteiger partial charge on any atom is -0.490 e. The molecule has 0 aliphatic rings. The van der Waals surface area contributed by atoms with Crippen molar-refractivity contribution in [2.45, 2.75) is 6.92 Å². The van der Waals surface area contributed by atoms with Crippen LogP contribution in [0, 0.1) is 5.82 Å². The number of rotatable bonds is 9. The molecule has 0 saturated carbocycles. The first kappa shape index (κ1) is 31.3. The Balaban J connectivity index is 1.36. The Morgan fingerprint density at radius 2 is 1.87 bits per heavy atom. The summed E-state index contributed by atoms with van der Waals surface area (Å²) >= 11 is 16.3. The van der Waals surface area contributed by atoms with Crippen molar-refractivity contribution in [2.24, 2.45) is 5.10 Å². The second-order valence-corrected chi connectivity index (χ2v) is 11.4. The fraction of sp³-hybridized carbons (Fsp3) is 0.0909. The molecule has 0 spiro atoms. The molecule has 2 heterocycles. The topological polar surface area (TPSA) is 108 Å². The Labute approximate surface area is 279 Å². The van der Waals surface area contributed by atoms with Gasteiger partial charge in [0, 0.05) is 26.1 Å². The van der Waals surface area contributed by atoms with Crippen LogP contribution in [0.4, 0.5) is 10.1 Å². The highest BCUT2D eigenvalue weighted by Crippen LogP contribution is 2.42. The Morgan fingerprint density at radius 1 is 1.09 bits per heavy atom. The quantitative estimate of drug-likeness (QED) is 0.150. The van der Waals surface area contributed by atoms with Crippen molar-refractivity contribution >= 4 is 78.8 Å². The zero-order valence-corrected chi connectivity index (χ0v) is 27.0. The van der Waals surface area contributed by atoms with Crippen molar-refractivity contribution in [1.29, 1.82) is 0 Å². The van der Waals surface area contributed by atoms with Gasteiger partial charge in [0.15, 0.2) is 23.9 Å². The van der Waals surface area contributed by atoms with Gasteiger partial charge in [-0.1, -0.05) is 35.3 Å². The third-order valence-electron chi connectivity index (χ3n) is 6.70. The summed E-state index contributed by atoms with van der Waals surface area (Å²) in [7, 11) is 0. The van der Waals surface area contributed by atoms with E-state index in [1.165, 1.54) is 30.5 Å². The van der Waals surface area contributed by atoms with Gasteiger partial charge >= 0.3 is 0 Å². The second kappa shape index (κ2) is 13.3. The number of para-hydroxylation sites is 1. The number of hydrogen-bond acceptors (Lipinski definition) is 7. The first-order chi connectivity index (χ1) is 22.2. The van der Waals surface area contributed by atoms with E-state index < -0.39 is 23.9 Å². The van der Waals surface area contributed by atoms with Gasteiger partial charge < -0.3 is 19.2 Å². The molecule has 232 valence electrons. The fourth-order valence-corrected chi connectivity index (χ4v) is 5.43. The Kier molecular flexibility index (Phi) is 9.07. The van der Waals surface area contributed by atoms with Crippen LogP contribution in [0.3, 0.4) is 0 Å². The maximum absolute atomic E-state index is 13.7. The van der Waals surface area contributed by atoms with Gasteiger partial charge in [-0.3, -0.25) is 9.59 Å². The van der Waals surface area contributed by atoms with Gasteiger partial charge in [-0.15, -0.1) is 0 Å². The maximum Gasteiger partial charge on any atom is 0.282 e. The van der Waals surface area contributed by atoms with Crippen LogP contribution in [0.1, 0.15) is 12.5 Å². The minimum atomic E-state index is -0.490. The normalized spacial score (nSPS) is 11.4. The first-order valence-electron chi connectivity index (χ1n) is 13.8. The van der Waals surface area contributed by atoms with Crippen LogP contribution >= 0.6 is 39.1 Å². The number of anilines is 1. The molecule has 0 aliphatic carbocycles. The smallest absolute Gasteiger partial charge is 0.282 e. The van der Waals surface area contributed by atoms with E-state index in [0.29, 0.717) is 43.0 Å². The molecule has 0 fully saturated rings. The highest BCUT2D eigenvalue weighted by Gasteiger charge is 2.20. The van der Waals surface area contributed by atoms with E-state index in [2.05, 4.69) is 26.3 Å². The van der Waals surface area contributed by atoms with Gasteiger partial charge in [0.1, 0.15) is 16.4 Å². The first-order valence-corrected chi connectivity index (χ1v) is 15.4. The highest BCUT2D eigenvalue weighted by molar-refractivity contribution is 9.10. The minimum absolute atomic E-state index is 0.111. The summed E-state index contributed by atoms with van der Waals surface area (Å²) in [5, 5.41) is 8.87. The van der Waals surface area contributed by atoms with Crippen LogP contribution in [0.5, 0.6) is 11.5 Å². The summed E-state index contributed by atoms with van der Waals surface area (Å²) in [6.07, 6.45) is 1.42. The molecule has 4 aromatic carbocycles. The number of hydrogen-bond donors (Lipinski definition) is 1. The lowest BCUT2D eigenvalue weighted by molar-refractivity contribution is -0.118. The predicted molar refractivity (Wildman–Crippen MR) is 180 cm³/mol. The van der Waals surface area contributed by atoms with Crippen molar-refractivity contribution in [3.05, 3.63) is 115 Å². The molecule has 9 nitrogen and oxygen atoms in total. The van der Waals surface area contributed by atoms with Gasteiger partial charge in [0.2, 0.25) is 5.82 Å². The molecule has 2 aromatic heterocycles. The summed E-state index contributed by atoms with van der Waals surface area (Å²) in [6, 6.07) is 20.8. The molecule has 6 rings (SSSR count). The van der Waals surface area contributed by atoms with Gasteiger partial charge in [0.25, 0.3) is 11.5 Å². The lowest BCUT2D eigenvalue weighted by Gasteiger charge is -2.16. The van der Waals surface area contributed by atoms with Crippen LogP contribution in [0.25, 0.3) is 33.5 Å². The van der Waals surface area contributed by atoms with Crippen molar-refractivity contribution in [3.8, 4) is 23.1 Å². The molecule has 6 aromatic rings. The average molecular weight is 724 g/mol. The molecule has 13 heteroatoms. The van der Waals surface area contributed by atoms with E-state index in [-0.39, 0.29) is 29.0 Å². The predicted octanol–water partition coefficient (Wildman–Crippen LogP) is 8.32. The SMILES string of the molecule is CCOc1cc(C=Nn2c(-c3cc4cc(Cl)ccc4o3)nc3ccccc3c2=O)c(Br)c(Cl)c1OCC(=O)Nc1ccc(F)cc1. The molecule has 1 amide bonds. The van der Waals surface area contributed by atoms with E-state index in [0.717, 1.165) is 10.1 Å². The third-order valence-corrected chi connectivity index (χ3v) is 8.37. The van der Waals surface area contributed by atoms with Crippen LogP contribution in [-0.2, 0) is 4.79 Å². The summed E-state index contributed by atoms with van der Waals surface area (Å²) in [6.45, 7) is 1.64. The summed E-state index contributed by atoms with van der Waals surface area (Å²) in [4.78, 5) is 30.9. The van der Waals surface area contributed by atoms with E-state index >= 15 is 0 Å². The molecule has 0 saturated heterocycles. The standard InChI is InChI=1S/C33H22BrCl2FN4O5/c1-2-44-26-15-19(29(34)30(36)31(26)45-17-28(42)39-22-10-8-21(37)9-11-22)16-38-41-32(40-24-6-4-3-5-23(24)33(41)43)27-14-18-13-20(35)7-12-25(18)46-27/h3-16H,2,17H2,1H3,(H,39,42). The number of fused-ring (bicyclic) bond motifs is 2. The second-order valence-electron chi connectivity index (χ2n) is 9.80. The number of aromatic nitrogens is 2. The zero-order chi connectivity index (χ0) is 32.4. The van der Waals surface area contributed by atoms with Crippen LogP contribution in [0.2, 0.25) is 10.0 Å².